The zero-order valence-corrected chi connectivity index (χ0v) is 18.5. The van der Waals surface area contributed by atoms with Crippen LogP contribution in [-0.2, 0) is 21.1 Å². The monoisotopic (exact) mass is 444 g/mol. The van der Waals surface area contributed by atoms with Gasteiger partial charge in [0, 0.05) is 60.9 Å². The number of nitrogens with zero attached hydrogens (tertiary/aromatic N) is 10. The van der Waals surface area contributed by atoms with Crippen LogP contribution in [0, 0.1) is 30.3 Å². The molecule has 0 atom stereocenters. The van der Waals surface area contributed by atoms with E-state index >= 15 is 0 Å². The van der Waals surface area contributed by atoms with E-state index in [1.54, 1.807) is 32.1 Å². The van der Waals surface area contributed by atoms with E-state index in [-0.39, 0.29) is 5.95 Å². The quantitative estimate of drug-likeness (QED) is 0.390. The maximum atomic E-state index is 9.88. The van der Waals surface area contributed by atoms with Gasteiger partial charge in [0.25, 0.3) is 0 Å². The minimum atomic E-state index is -0.639. The molecule has 0 saturated heterocycles. The maximum Gasteiger partial charge on any atom is 0.490 e. The third-order valence-electron chi connectivity index (χ3n) is 2.02. The number of nitro groups is 3. The van der Waals surface area contributed by atoms with Crippen LogP contribution in [0.25, 0.3) is 0 Å². The van der Waals surface area contributed by atoms with Crippen molar-refractivity contribution >= 4 is 5.95 Å². The summed E-state index contributed by atoms with van der Waals surface area (Å²) in [5.41, 5.74) is 0. The molecule has 0 spiro atoms. The lowest BCUT2D eigenvalue weighted by Crippen LogP contribution is -1.92. The molecular formula is C15H28N10O6. The highest BCUT2D eigenvalue weighted by molar-refractivity contribution is 4.96. The minimum Gasteiger partial charge on any atom is -0.390 e. The molecule has 16 nitrogen and oxygen atoms in total. The number of aryl methyl sites for hydroxylation is 3. The van der Waals surface area contributed by atoms with Crippen molar-refractivity contribution in [2.75, 3.05) is 14.1 Å². The molecule has 0 N–H and O–H groups in total. The van der Waals surface area contributed by atoms with Crippen LogP contribution in [0.4, 0.5) is 5.95 Å². The van der Waals surface area contributed by atoms with Gasteiger partial charge in [0.2, 0.25) is 6.33 Å². The second kappa shape index (κ2) is 20.5. The fraction of sp³-hybridized carbons (Fsp3) is 0.467. The molecule has 3 aromatic rings. The van der Waals surface area contributed by atoms with E-state index in [0.29, 0.717) is 0 Å². The van der Waals surface area contributed by atoms with Crippen molar-refractivity contribution in [2.45, 2.75) is 13.8 Å². The molecule has 0 aliphatic carbocycles. The van der Waals surface area contributed by atoms with Crippen molar-refractivity contribution < 1.29 is 14.8 Å². The Kier molecular flexibility index (Phi) is 20.8. The molecule has 0 radical (unpaired) electrons. The first-order valence-corrected chi connectivity index (χ1v) is 8.45. The predicted molar refractivity (Wildman–Crippen MR) is 111 cm³/mol. The van der Waals surface area contributed by atoms with Gasteiger partial charge in [-0.15, -0.1) is 0 Å². The molecule has 3 rings (SSSR count). The molecule has 0 amide bonds. The van der Waals surface area contributed by atoms with Crippen molar-refractivity contribution in [3.05, 3.63) is 74.1 Å². The Labute approximate surface area is 178 Å². The largest absolute Gasteiger partial charge is 0.490 e. The number of rotatable bonds is 1. The van der Waals surface area contributed by atoms with E-state index in [1.807, 2.05) is 49.5 Å². The summed E-state index contributed by atoms with van der Waals surface area (Å²) in [6, 6.07) is 0. The first-order chi connectivity index (χ1) is 14.5. The smallest absolute Gasteiger partial charge is 0.390 e. The van der Waals surface area contributed by atoms with Gasteiger partial charge >= 0.3 is 5.95 Å². The van der Waals surface area contributed by atoms with Crippen LogP contribution in [0.2, 0.25) is 0 Å². The molecule has 174 valence electrons. The van der Waals surface area contributed by atoms with Crippen LogP contribution >= 0.6 is 0 Å². The van der Waals surface area contributed by atoms with Gasteiger partial charge in [-0.2, -0.15) is 4.68 Å². The fourth-order valence-electron chi connectivity index (χ4n) is 1.06. The number of hydrogen-bond donors (Lipinski definition) is 0. The number of imidazole rings is 2. The Morgan fingerprint density at radius 3 is 1.23 bits per heavy atom. The Balaban J connectivity index is -0.000000321. The van der Waals surface area contributed by atoms with Crippen molar-refractivity contribution in [2.24, 2.45) is 21.1 Å². The van der Waals surface area contributed by atoms with Gasteiger partial charge in [-0.1, -0.05) is 18.8 Å². The van der Waals surface area contributed by atoms with Crippen molar-refractivity contribution in [1.29, 1.82) is 0 Å². The summed E-state index contributed by atoms with van der Waals surface area (Å²) in [5, 5.41) is 30.9. The van der Waals surface area contributed by atoms with Crippen LogP contribution in [-0.4, -0.2) is 62.7 Å². The summed E-state index contributed by atoms with van der Waals surface area (Å²) in [6.45, 7) is 4.00. The topological polar surface area (TPSA) is 196 Å². The fourth-order valence-corrected chi connectivity index (χ4v) is 1.06. The normalized spacial score (nSPS) is 7.97. The van der Waals surface area contributed by atoms with Gasteiger partial charge in [0.15, 0.2) is 14.1 Å². The van der Waals surface area contributed by atoms with E-state index in [1.165, 1.54) is 11.0 Å². The van der Waals surface area contributed by atoms with E-state index in [9.17, 15) is 10.1 Å². The maximum absolute atomic E-state index is 9.88. The second-order valence-corrected chi connectivity index (χ2v) is 4.81. The zero-order valence-electron chi connectivity index (χ0n) is 18.5. The average molecular weight is 444 g/mol. The van der Waals surface area contributed by atoms with Gasteiger partial charge in [0.1, 0.15) is 0 Å². The van der Waals surface area contributed by atoms with Crippen LogP contribution in [0.3, 0.4) is 0 Å². The highest BCUT2D eigenvalue weighted by Crippen LogP contribution is 1.96. The molecule has 0 aromatic carbocycles. The molecule has 0 fully saturated rings. The number of hydrogen-bond acceptors (Lipinski definition) is 10. The standard InChI is InChI=1S/2C4H6N2.C3H4N4O2.C2H6.2CH3NO2/c2*1-6-3-2-5-4-6;1-6-2-4-3(5-6)7(8)9;1-2;2*1-2(3)4/h2*2-4H,1H3;2H,1H3;1-2H3;2*1H3. The Morgan fingerprint density at radius 1 is 0.774 bits per heavy atom. The van der Waals surface area contributed by atoms with Crippen molar-refractivity contribution in [1.82, 2.24) is 33.9 Å². The van der Waals surface area contributed by atoms with Gasteiger partial charge < -0.3 is 19.2 Å². The van der Waals surface area contributed by atoms with Crippen LogP contribution in [0.5, 0.6) is 0 Å². The molecule has 31 heavy (non-hydrogen) atoms. The third kappa shape index (κ3) is 28.1. The molecule has 16 heteroatoms. The van der Waals surface area contributed by atoms with Crippen LogP contribution in [0.15, 0.2) is 43.8 Å². The molecule has 0 aliphatic rings. The Morgan fingerprint density at radius 2 is 1.13 bits per heavy atom. The Bertz CT molecular complexity index is 765. The van der Waals surface area contributed by atoms with E-state index in [0.717, 1.165) is 14.1 Å². The lowest BCUT2D eigenvalue weighted by molar-refractivity contribution is -0.445. The molecular weight excluding hydrogens is 416 g/mol. The SMILES string of the molecule is CC.C[N+](=O)[O-].C[N+](=O)[O-].Cn1ccnc1.Cn1ccnc1.Cn1cnc([N+](=O)[O-])n1. The zero-order chi connectivity index (χ0) is 24.8. The van der Waals surface area contributed by atoms with Gasteiger partial charge in [-0.25, -0.2) is 9.97 Å². The van der Waals surface area contributed by atoms with E-state index in [4.69, 9.17) is 20.2 Å². The summed E-state index contributed by atoms with van der Waals surface area (Å²) in [5.74, 6) is -0.363. The van der Waals surface area contributed by atoms with Crippen molar-refractivity contribution in [3.63, 3.8) is 0 Å². The van der Waals surface area contributed by atoms with Crippen LogP contribution < -0.4 is 0 Å². The molecule has 3 aromatic heterocycles. The number of aromatic nitrogens is 7. The molecule has 3 heterocycles. The lowest BCUT2D eigenvalue weighted by Gasteiger charge is -1.81. The highest BCUT2D eigenvalue weighted by Gasteiger charge is 2.09. The molecule has 0 saturated carbocycles. The summed E-state index contributed by atoms with van der Waals surface area (Å²) in [6.07, 6.45) is 12.1. The summed E-state index contributed by atoms with van der Waals surface area (Å²) in [4.78, 5) is 36.8. The molecule has 0 aliphatic heterocycles. The van der Waals surface area contributed by atoms with Gasteiger partial charge in [0.05, 0.1) is 12.7 Å². The summed E-state index contributed by atoms with van der Waals surface area (Å²) in [7, 11) is 7.22. The van der Waals surface area contributed by atoms with Gasteiger partial charge in [-0.3, -0.25) is 20.2 Å². The van der Waals surface area contributed by atoms with E-state index < -0.39 is 14.8 Å². The third-order valence-corrected chi connectivity index (χ3v) is 2.02. The van der Waals surface area contributed by atoms with Gasteiger partial charge in [-0.05, 0) is 4.92 Å². The highest BCUT2D eigenvalue weighted by atomic mass is 16.6. The van der Waals surface area contributed by atoms with E-state index in [2.05, 4.69) is 20.1 Å². The lowest BCUT2D eigenvalue weighted by atomic mass is 10.9. The Hall–Kier alpha value is -4.24. The summed E-state index contributed by atoms with van der Waals surface area (Å²) < 4.78 is 5.05. The van der Waals surface area contributed by atoms with Crippen molar-refractivity contribution in [3.8, 4) is 0 Å². The second-order valence-electron chi connectivity index (χ2n) is 4.81. The minimum absolute atomic E-state index is 0.363. The van der Waals surface area contributed by atoms with Crippen LogP contribution in [0.1, 0.15) is 13.8 Å². The molecule has 0 unspecified atom stereocenters. The average Bonchev–Trinajstić information content (AvgIpc) is 3.41. The first-order valence-electron chi connectivity index (χ1n) is 8.45. The molecule has 0 bridgehead atoms. The first kappa shape index (κ1) is 31.5. The summed E-state index contributed by atoms with van der Waals surface area (Å²) >= 11 is 0. The predicted octanol–water partition coefficient (Wildman–Crippen LogP) is 1.38.